The predicted octanol–water partition coefficient (Wildman–Crippen LogP) is 3.29. The van der Waals surface area contributed by atoms with E-state index < -0.39 is 10.0 Å². The van der Waals surface area contributed by atoms with Crippen LogP contribution in [0.5, 0.6) is 0 Å². The van der Waals surface area contributed by atoms with Crippen molar-refractivity contribution in [3.05, 3.63) is 64.7 Å². The third-order valence-corrected chi connectivity index (χ3v) is 5.16. The van der Waals surface area contributed by atoms with Crippen LogP contribution in [-0.2, 0) is 14.8 Å². The number of anilines is 1. The number of hydrogen-bond donors (Lipinski definition) is 1. The number of amides is 1. The van der Waals surface area contributed by atoms with Crippen molar-refractivity contribution in [3.8, 4) is 0 Å². The number of hydrogen-bond acceptors (Lipinski definition) is 3. The summed E-state index contributed by atoms with van der Waals surface area (Å²) in [5.41, 5.74) is 2.13. The third-order valence-electron chi connectivity index (χ3n) is 3.80. The van der Waals surface area contributed by atoms with E-state index in [0.29, 0.717) is 10.7 Å². The van der Waals surface area contributed by atoms with Crippen molar-refractivity contribution in [2.24, 2.45) is 0 Å². The molecule has 0 aliphatic carbocycles. The van der Waals surface area contributed by atoms with E-state index in [1.54, 1.807) is 43.3 Å². The fourth-order valence-electron chi connectivity index (χ4n) is 2.50. The van der Waals surface area contributed by atoms with Gasteiger partial charge in [0.05, 0.1) is 18.0 Å². The first-order valence-corrected chi connectivity index (χ1v) is 9.99. The van der Waals surface area contributed by atoms with E-state index in [4.69, 9.17) is 11.6 Å². The van der Waals surface area contributed by atoms with E-state index in [-0.39, 0.29) is 18.5 Å². The monoisotopic (exact) mass is 380 g/mol. The fourth-order valence-corrected chi connectivity index (χ4v) is 3.61. The van der Waals surface area contributed by atoms with Gasteiger partial charge in [-0.1, -0.05) is 41.9 Å². The highest BCUT2D eigenvalue weighted by molar-refractivity contribution is 7.92. The SMILES string of the molecule is Cc1ccccc1N(CC(=O)NC(C)c1cccc(Cl)c1)S(C)(=O)=O. The standard InChI is InChI=1S/C18H21ClN2O3S/c1-13-7-4-5-10-17(13)21(25(3,23)24)12-18(22)20-14(2)15-8-6-9-16(19)11-15/h4-11,14H,12H2,1-3H3,(H,20,22). The second-order valence-corrected chi connectivity index (χ2v) is 8.24. The Labute approximate surface area is 153 Å². The zero-order valence-corrected chi connectivity index (χ0v) is 15.9. The first-order valence-electron chi connectivity index (χ1n) is 7.76. The van der Waals surface area contributed by atoms with Crippen LogP contribution in [0.25, 0.3) is 0 Å². The molecule has 0 saturated heterocycles. The molecule has 0 radical (unpaired) electrons. The van der Waals surface area contributed by atoms with E-state index in [2.05, 4.69) is 5.32 Å². The lowest BCUT2D eigenvalue weighted by molar-refractivity contribution is -0.120. The molecule has 0 heterocycles. The summed E-state index contributed by atoms with van der Waals surface area (Å²) in [5, 5.41) is 3.39. The molecule has 0 spiro atoms. The number of rotatable bonds is 6. The summed E-state index contributed by atoms with van der Waals surface area (Å²) >= 11 is 5.97. The van der Waals surface area contributed by atoms with Crippen molar-refractivity contribution in [1.29, 1.82) is 0 Å². The van der Waals surface area contributed by atoms with Gasteiger partial charge in [0.1, 0.15) is 6.54 Å². The highest BCUT2D eigenvalue weighted by Gasteiger charge is 2.23. The zero-order valence-electron chi connectivity index (χ0n) is 14.4. The van der Waals surface area contributed by atoms with Crippen molar-refractivity contribution in [3.63, 3.8) is 0 Å². The first-order chi connectivity index (χ1) is 11.7. The first kappa shape index (κ1) is 19.3. The molecule has 1 N–H and O–H groups in total. The lowest BCUT2D eigenvalue weighted by atomic mass is 10.1. The second-order valence-electron chi connectivity index (χ2n) is 5.90. The number of aryl methyl sites for hydroxylation is 1. The molecule has 2 aromatic carbocycles. The normalized spacial score (nSPS) is 12.5. The molecule has 0 saturated carbocycles. The van der Waals surface area contributed by atoms with Crippen molar-refractivity contribution in [1.82, 2.24) is 5.32 Å². The maximum absolute atomic E-state index is 12.4. The van der Waals surface area contributed by atoms with Crippen molar-refractivity contribution in [2.75, 3.05) is 17.1 Å². The van der Waals surface area contributed by atoms with Crippen molar-refractivity contribution >= 4 is 33.2 Å². The van der Waals surface area contributed by atoms with Crippen LogP contribution in [-0.4, -0.2) is 27.1 Å². The molecule has 5 nitrogen and oxygen atoms in total. The van der Waals surface area contributed by atoms with Gasteiger partial charge in [0.25, 0.3) is 0 Å². The molecule has 2 aromatic rings. The quantitative estimate of drug-likeness (QED) is 0.836. The number of nitrogens with one attached hydrogen (secondary N) is 1. The molecular weight excluding hydrogens is 360 g/mol. The van der Waals surface area contributed by atoms with E-state index >= 15 is 0 Å². The predicted molar refractivity (Wildman–Crippen MR) is 101 cm³/mol. The Morgan fingerprint density at radius 3 is 2.48 bits per heavy atom. The van der Waals surface area contributed by atoms with Gasteiger partial charge in [0.15, 0.2) is 0 Å². The van der Waals surface area contributed by atoms with Gasteiger partial charge in [-0.15, -0.1) is 0 Å². The Kier molecular flexibility index (Phi) is 6.08. The van der Waals surface area contributed by atoms with Crippen LogP contribution in [0.2, 0.25) is 5.02 Å². The molecule has 0 fully saturated rings. The number of nitrogens with zero attached hydrogens (tertiary/aromatic N) is 1. The van der Waals surface area contributed by atoms with Gasteiger partial charge in [-0.25, -0.2) is 8.42 Å². The van der Waals surface area contributed by atoms with Crippen LogP contribution < -0.4 is 9.62 Å². The smallest absolute Gasteiger partial charge is 0.241 e. The van der Waals surface area contributed by atoms with Crippen LogP contribution in [0.4, 0.5) is 5.69 Å². The van der Waals surface area contributed by atoms with Crippen LogP contribution in [0.3, 0.4) is 0 Å². The highest BCUT2D eigenvalue weighted by atomic mass is 35.5. The molecule has 25 heavy (non-hydrogen) atoms. The van der Waals surface area contributed by atoms with Gasteiger partial charge in [-0.2, -0.15) is 0 Å². The van der Waals surface area contributed by atoms with Gasteiger partial charge < -0.3 is 5.32 Å². The Morgan fingerprint density at radius 1 is 1.20 bits per heavy atom. The number of benzene rings is 2. The second kappa shape index (κ2) is 7.89. The molecule has 2 rings (SSSR count). The molecule has 0 aliphatic heterocycles. The summed E-state index contributed by atoms with van der Waals surface area (Å²) in [7, 11) is -3.59. The van der Waals surface area contributed by atoms with Gasteiger partial charge in [0.2, 0.25) is 15.9 Å². The summed E-state index contributed by atoms with van der Waals surface area (Å²) in [6.07, 6.45) is 1.09. The fraction of sp³-hybridized carbons (Fsp3) is 0.278. The molecule has 134 valence electrons. The van der Waals surface area contributed by atoms with Crippen molar-refractivity contribution < 1.29 is 13.2 Å². The van der Waals surface area contributed by atoms with Gasteiger partial charge in [0, 0.05) is 5.02 Å². The summed E-state index contributed by atoms with van der Waals surface area (Å²) in [6.45, 7) is 3.34. The largest absolute Gasteiger partial charge is 0.348 e. The summed E-state index contributed by atoms with van der Waals surface area (Å²) in [5.74, 6) is -0.388. The highest BCUT2D eigenvalue weighted by Crippen LogP contribution is 2.22. The van der Waals surface area contributed by atoms with E-state index in [0.717, 1.165) is 21.7 Å². The van der Waals surface area contributed by atoms with E-state index in [1.165, 1.54) is 0 Å². The molecule has 7 heteroatoms. The van der Waals surface area contributed by atoms with Crippen LogP contribution in [0.15, 0.2) is 48.5 Å². The minimum absolute atomic E-state index is 0.283. The molecule has 0 bridgehead atoms. The molecule has 1 amide bonds. The van der Waals surface area contributed by atoms with Gasteiger partial charge in [-0.05, 0) is 43.2 Å². The van der Waals surface area contributed by atoms with E-state index in [1.807, 2.05) is 19.1 Å². The zero-order chi connectivity index (χ0) is 18.6. The Hall–Kier alpha value is -2.05. The number of halogens is 1. The maximum atomic E-state index is 12.4. The number of carbonyl (C=O) groups excluding carboxylic acids is 1. The lowest BCUT2D eigenvalue weighted by Gasteiger charge is -2.24. The maximum Gasteiger partial charge on any atom is 0.241 e. The summed E-state index contributed by atoms with van der Waals surface area (Å²) < 4.78 is 25.4. The number of para-hydroxylation sites is 1. The molecule has 1 unspecified atom stereocenters. The third kappa shape index (κ3) is 5.21. The topological polar surface area (TPSA) is 66.5 Å². The number of sulfonamides is 1. The molecular formula is C18H21ClN2O3S. The Bertz CT molecular complexity index is 868. The Morgan fingerprint density at radius 2 is 1.88 bits per heavy atom. The molecule has 1 atom stereocenters. The van der Waals surface area contributed by atoms with Gasteiger partial charge in [-0.3, -0.25) is 9.10 Å². The molecule has 0 aliphatic rings. The summed E-state index contributed by atoms with van der Waals surface area (Å²) in [4.78, 5) is 12.4. The van der Waals surface area contributed by atoms with Gasteiger partial charge >= 0.3 is 0 Å². The average molecular weight is 381 g/mol. The number of carbonyl (C=O) groups is 1. The Balaban J connectivity index is 2.17. The lowest BCUT2D eigenvalue weighted by Crippen LogP contribution is -2.41. The minimum atomic E-state index is -3.59. The van der Waals surface area contributed by atoms with Crippen LogP contribution in [0, 0.1) is 6.92 Å². The summed E-state index contributed by atoms with van der Waals surface area (Å²) in [6, 6.07) is 13.9. The average Bonchev–Trinajstić information content (AvgIpc) is 2.52. The van der Waals surface area contributed by atoms with Crippen LogP contribution >= 0.6 is 11.6 Å². The van der Waals surface area contributed by atoms with Crippen LogP contribution in [0.1, 0.15) is 24.1 Å². The minimum Gasteiger partial charge on any atom is -0.348 e. The van der Waals surface area contributed by atoms with Crippen molar-refractivity contribution in [2.45, 2.75) is 19.9 Å². The molecule has 0 aromatic heterocycles. The van der Waals surface area contributed by atoms with E-state index in [9.17, 15) is 13.2 Å².